The second-order valence-electron chi connectivity index (χ2n) is 14.6. The number of aliphatic hydroxyl groups is 1. The summed E-state index contributed by atoms with van der Waals surface area (Å²) in [6, 6.07) is 32.1. The van der Waals surface area contributed by atoms with Crippen LogP contribution in [0.4, 0.5) is 0 Å². The molecule has 7 rings (SSSR count). The largest absolute Gasteiger partial charge is 0.497 e. The number of rotatable bonds is 10. The van der Waals surface area contributed by atoms with E-state index in [0.29, 0.717) is 24.8 Å². The summed E-state index contributed by atoms with van der Waals surface area (Å²) in [7, 11) is -0.473. The van der Waals surface area contributed by atoms with Crippen LogP contribution in [-0.4, -0.2) is 65.7 Å². The molecule has 0 bridgehead atoms. The minimum atomic E-state index is -2.16. The first-order valence-electron chi connectivity index (χ1n) is 17.7. The maximum absolute atomic E-state index is 14.2. The zero-order valence-electron chi connectivity index (χ0n) is 29.3. The van der Waals surface area contributed by atoms with Gasteiger partial charge in [-0.25, -0.2) is 4.68 Å². The molecule has 1 aromatic heterocycles. The number of aliphatic hydroxyl groups excluding tert-OH is 1. The van der Waals surface area contributed by atoms with E-state index in [4.69, 9.17) is 9.47 Å². The molecule has 50 heavy (non-hydrogen) atoms. The molecule has 0 aliphatic carbocycles. The van der Waals surface area contributed by atoms with Gasteiger partial charge in [-0.15, -0.1) is 0 Å². The highest BCUT2D eigenvalue weighted by molar-refractivity contribution is 6.91. The Labute approximate surface area is 294 Å². The smallest absolute Gasteiger partial charge is 0.279 e. The number of amides is 1. The van der Waals surface area contributed by atoms with Gasteiger partial charge in [0.05, 0.1) is 63.1 Å². The lowest BCUT2D eigenvalue weighted by molar-refractivity contribution is -0.138. The van der Waals surface area contributed by atoms with Crippen LogP contribution in [0.15, 0.2) is 102 Å². The van der Waals surface area contributed by atoms with Crippen LogP contribution < -0.4 is 15.5 Å². The summed E-state index contributed by atoms with van der Waals surface area (Å²) in [4.78, 5) is 29.0. The van der Waals surface area contributed by atoms with E-state index in [2.05, 4.69) is 61.5 Å². The van der Waals surface area contributed by atoms with Gasteiger partial charge in [-0.1, -0.05) is 85.9 Å². The van der Waals surface area contributed by atoms with E-state index >= 15 is 0 Å². The zero-order valence-corrected chi connectivity index (χ0v) is 30.3. The maximum Gasteiger partial charge on any atom is 0.279 e. The van der Waals surface area contributed by atoms with E-state index < -0.39 is 8.07 Å². The Kier molecular flexibility index (Phi) is 9.56. The van der Waals surface area contributed by atoms with Gasteiger partial charge in [-0.05, 0) is 83.8 Å². The number of nitrogens with one attached hydrogen (secondary N) is 1. The molecule has 1 amide bonds. The molecule has 2 aliphatic rings. The predicted octanol–water partition coefficient (Wildman–Crippen LogP) is 5.99. The number of hydrogen-bond donors (Lipinski definition) is 2. The molecular weight excluding hydrogens is 643 g/mol. The Balaban J connectivity index is 1.11. The van der Waals surface area contributed by atoms with Gasteiger partial charge < -0.3 is 19.5 Å². The van der Waals surface area contributed by atoms with Crippen molar-refractivity contribution in [2.75, 3.05) is 13.7 Å². The van der Waals surface area contributed by atoms with Gasteiger partial charge in [-0.3, -0.25) is 14.7 Å². The van der Waals surface area contributed by atoms with Crippen molar-refractivity contribution in [2.45, 2.75) is 76.0 Å². The number of hydrogen-bond acceptors (Lipinski definition) is 5. The van der Waals surface area contributed by atoms with Gasteiger partial charge >= 0.3 is 0 Å². The number of nitrogens with zero attached hydrogens (tertiary/aromatic N) is 2. The van der Waals surface area contributed by atoms with Crippen LogP contribution in [0.2, 0.25) is 18.6 Å². The molecule has 5 atom stereocenters. The van der Waals surface area contributed by atoms with E-state index in [1.54, 1.807) is 11.8 Å². The number of aryl methyl sites for hydroxylation is 1. The van der Waals surface area contributed by atoms with Crippen molar-refractivity contribution in [2.24, 2.45) is 5.92 Å². The Morgan fingerprint density at radius 3 is 2.34 bits per heavy atom. The number of aromatic amines is 1. The van der Waals surface area contributed by atoms with Crippen LogP contribution in [-0.2, 0) is 28.9 Å². The van der Waals surface area contributed by atoms with Crippen LogP contribution in [0.1, 0.15) is 36.5 Å². The number of methoxy groups -OCH3 is 1. The van der Waals surface area contributed by atoms with E-state index in [1.165, 1.54) is 16.3 Å². The lowest BCUT2D eigenvalue weighted by Gasteiger charge is -2.39. The second kappa shape index (κ2) is 14.1. The molecule has 3 heterocycles. The number of ether oxygens (including phenoxy) is 2. The highest BCUT2D eigenvalue weighted by Gasteiger charge is 2.51. The molecule has 9 heteroatoms. The van der Waals surface area contributed by atoms with Gasteiger partial charge in [0.15, 0.2) is 0 Å². The molecule has 2 N–H and O–H groups in total. The van der Waals surface area contributed by atoms with Crippen LogP contribution in [0, 0.1) is 5.92 Å². The first kappa shape index (κ1) is 34.0. The number of aromatic nitrogens is 2. The third-order valence-electron chi connectivity index (χ3n) is 11.3. The summed E-state index contributed by atoms with van der Waals surface area (Å²) in [5, 5.41) is 15.5. The average molecular weight is 690 g/mol. The molecule has 2 aliphatic heterocycles. The summed E-state index contributed by atoms with van der Waals surface area (Å²) in [5.74, 6) is 1.12. The quantitative estimate of drug-likeness (QED) is 0.176. The van der Waals surface area contributed by atoms with Gasteiger partial charge in [0.25, 0.3) is 5.56 Å². The standard InChI is InChI=1S/C41H47N3O5Si/c1-27-37(22-15-28-13-16-31(17-14-28)44-41(47)35-11-7-8-12-36(35)42-44)49-38(40(27)50(3,4)34-20-18-33(48-2)19-21-34)24-39(46)43-25-30-10-6-5-9-29(30)23-32(43)26-45/h5-14,16-21,27,32,37-38,40,42,45H,15,22-26H2,1-4H3/t27-,32+,37+,38-,40+/m1/s1. The summed E-state index contributed by atoms with van der Waals surface area (Å²) in [6.07, 6.45) is 2.38. The van der Waals surface area contributed by atoms with Crippen LogP contribution in [0.25, 0.3) is 16.6 Å². The Hall–Kier alpha value is -4.44. The molecule has 0 radical (unpaired) electrons. The summed E-state index contributed by atoms with van der Waals surface area (Å²) < 4.78 is 14.0. The highest BCUT2D eigenvalue weighted by Crippen LogP contribution is 2.47. The Morgan fingerprint density at radius 1 is 0.940 bits per heavy atom. The molecular formula is C41H47N3O5Si. The molecule has 1 saturated heterocycles. The monoisotopic (exact) mass is 689 g/mol. The number of fused-ring (bicyclic) bond motifs is 2. The molecule has 260 valence electrons. The normalized spacial score (nSPS) is 22.1. The molecule has 0 spiro atoms. The first-order chi connectivity index (χ1) is 24.2. The van der Waals surface area contributed by atoms with Crippen molar-refractivity contribution in [1.82, 2.24) is 14.7 Å². The molecule has 5 aromatic rings. The number of benzene rings is 4. The first-order valence-corrected chi connectivity index (χ1v) is 20.8. The fraction of sp³-hybridized carbons (Fsp3) is 0.366. The Morgan fingerprint density at radius 2 is 1.64 bits per heavy atom. The predicted molar refractivity (Wildman–Crippen MR) is 200 cm³/mol. The Bertz CT molecular complexity index is 2020. The van der Waals surface area contributed by atoms with Gasteiger partial charge in [0.1, 0.15) is 5.75 Å². The third-order valence-corrected chi connectivity index (χ3v) is 15.7. The minimum Gasteiger partial charge on any atom is -0.497 e. The van der Waals surface area contributed by atoms with Crippen molar-refractivity contribution in [1.29, 1.82) is 0 Å². The van der Waals surface area contributed by atoms with Gasteiger partial charge in [-0.2, -0.15) is 0 Å². The van der Waals surface area contributed by atoms with Crippen molar-refractivity contribution in [3.05, 3.63) is 124 Å². The minimum absolute atomic E-state index is 0.00505. The molecule has 1 fully saturated rings. The van der Waals surface area contributed by atoms with Crippen molar-refractivity contribution < 1.29 is 19.4 Å². The topological polar surface area (TPSA) is 96.8 Å². The van der Waals surface area contributed by atoms with E-state index in [-0.39, 0.29) is 47.8 Å². The van der Waals surface area contributed by atoms with Crippen molar-refractivity contribution >= 4 is 30.1 Å². The molecule has 0 unspecified atom stereocenters. The highest BCUT2D eigenvalue weighted by atomic mass is 28.3. The molecule has 4 aromatic carbocycles. The van der Waals surface area contributed by atoms with E-state index in [0.717, 1.165) is 35.4 Å². The zero-order chi connectivity index (χ0) is 35.0. The van der Waals surface area contributed by atoms with Crippen molar-refractivity contribution in [3.63, 3.8) is 0 Å². The number of carbonyl (C=O) groups is 1. The van der Waals surface area contributed by atoms with Crippen molar-refractivity contribution in [3.8, 4) is 11.4 Å². The van der Waals surface area contributed by atoms with E-state index in [9.17, 15) is 14.7 Å². The van der Waals surface area contributed by atoms with Crippen LogP contribution >= 0.6 is 0 Å². The van der Waals surface area contributed by atoms with Gasteiger partial charge in [0, 0.05) is 6.54 Å². The van der Waals surface area contributed by atoms with Crippen LogP contribution in [0.3, 0.4) is 0 Å². The number of carbonyl (C=O) groups excluding carboxylic acids is 1. The number of H-pyrrole nitrogens is 1. The van der Waals surface area contributed by atoms with E-state index in [1.807, 2.05) is 65.6 Å². The second-order valence-corrected chi connectivity index (χ2v) is 19.3. The fourth-order valence-electron chi connectivity index (χ4n) is 8.54. The SMILES string of the molecule is COc1ccc([Si](C)(C)[C@H]2[C@H](C)[C@H](CCc3ccc(-n4[nH]c5ccccc5c4=O)cc3)O[C@@H]2CC(=O)N2Cc3ccccc3C[C@H]2CO)cc1. The third kappa shape index (κ3) is 6.45. The summed E-state index contributed by atoms with van der Waals surface area (Å²) in [5.41, 5.74) is 5.29. The molecule has 0 saturated carbocycles. The summed E-state index contributed by atoms with van der Waals surface area (Å²) >= 11 is 0. The molecule has 8 nitrogen and oxygen atoms in total. The summed E-state index contributed by atoms with van der Waals surface area (Å²) in [6.45, 7) is 7.55. The van der Waals surface area contributed by atoms with Gasteiger partial charge in [0.2, 0.25) is 5.91 Å². The lowest BCUT2D eigenvalue weighted by atomic mass is 9.93. The fourth-order valence-corrected chi connectivity index (χ4v) is 12.6. The average Bonchev–Trinajstić information content (AvgIpc) is 3.65. The maximum atomic E-state index is 14.2. The van der Waals surface area contributed by atoms with Crippen LogP contribution in [0.5, 0.6) is 5.75 Å². The number of para-hydroxylation sites is 1. The lowest BCUT2D eigenvalue weighted by Crippen LogP contribution is -2.52.